The number of halogens is 1. The zero-order valence-electron chi connectivity index (χ0n) is 9.18. The predicted octanol–water partition coefficient (Wildman–Crippen LogP) is 2.69. The molecule has 0 saturated carbocycles. The lowest BCUT2D eigenvalue weighted by Crippen LogP contribution is -2.03. The third-order valence-corrected chi connectivity index (χ3v) is 2.53. The lowest BCUT2D eigenvalue weighted by Gasteiger charge is -2.03. The van der Waals surface area contributed by atoms with Crippen LogP contribution in [0, 0.1) is 0 Å². The van der Waals surface area contributed by atoms with E-state index in [1.807, 2.05) is 6.92 Å². The van der Waals surface area contributed by atoms with E-state index in [1.165, 1.54) is 0 Å². The van der Waals surface area contributed by atoms with Crippen LogP contribution in [0.2, 0.25) is 0 Å². The minimum absolute atomic E-state index is 0.258. The number of aromatic nitrogens is 3. The fourth-order valence-corrected chi connectivity index (χ4v) is 1.77. The summed E-state index contributed by atoms with van der Waals surface area (Å²) in [5.74, 6) is 0.547. The van der Waals surface area contributed by atoms with Crippen molar-refractivity contribution in [3.05, 3.63) is 34.6 Å². The van der Waals surface area contributed by atoms with E-state index in [2.05, 4.69) is 32.8 Å². The highest BCUT2D eigenvalue weighted by Crippen LogP contribution is 2.26. The van der Waals surface area contributed by atoms with Crippen LogP contribution in [-0.2, 0) is 6.54 Å². The first-order chi connectivity index (χ1) is 8.11. The highest BCUT2D eigenvalue weighted by Gasteiger charge is 2.17. The third kappa shape index (κ3) is 2.36. The molecule has 0 amide bonds. The smallest absolute Gasteiger partial charge is 0.172 e. The zero-order chi connectivity index (χ0) is 12.4. The number of nitrogens with zero attached hydrogens (tertiary/aromatic N) is 3. The molecule has 0 fully saturated rings. The van der Waals surface area contributed by atoms with E-state index in [-0.39, 0.29) is 5.69 Å². The molecular weight excluding hydrogens is 286 g/mol. The highest BCUT2D eigenvalue weighted by atomic mass is 79.9. The van der Waals surface area contributed by atoms with Crippen LogP contribution in [0.15, 0.2) is 33.4 Å². The molecule has 0 aliphatic heterocycles. The Morgan fingerprint density at radius 3 is 2.94 bits per heavy atom. The summed E-state index contributed by atoms with van der Waals surface area (Å²) in [6, 6.07) is 3.51. The highest BCUT2D eigenvalue weighted by molar-refractivity contribution is 9.10. The van der Waals surface area contributed by atoms with Crippen molar-refractivity contribution < 1.29 is 9.21 Å². The van der Waals surface area contributed by atoms with E-state index in [0.717, 1.165) is 5.57 Å². The summed E-state index contributed by atoms with van der Waals surface area (Å²) in [6.45, 7) is 6.18. The summed E-state index contributed by atoms with van der Waals surface area (Å²) in [5, 5.41) is 7.71. The molecule has 0 aliphatic carbocycles. The lowest BCUT2D eigenvalue weighted by molar-refractivity contribution is 0.111. The maximum absolute atomic E-state index is 10.9. The molecule has 0 aliphatic rings. The summed E-state index contributed by atoms with van der Waals surface area (Å²) in [7, 11) is 0. The van der Waals surface area contributed by atoms with Crippen LogP contribution in [0.1, 0.15) is 17.4 Å². The van der Waals surface area contributed by atoms with Gasteiger partial charge in [0.2, 0.25) is 0 Å². The van der Waals surface area contributed by atoms with E-state index < -0.39 is 0 Å². The number of hydrogen-bond donors (Lipinski definition) is 0. The first kappa shape index (κ1) is 11.8. The average molecular weight is 296 g/mol. The largest absolute Gasteiger partial charge is 0.448 e. The van der Waals surface area contributed by atoms with Crippen LogP contribution in [0.4, 0.5) is 0 Å². The minimum Gasteiger partial charge on any atom is -0.448 e. The minimum atomic E-state index is 0.258. The molecule has 0 radical (unpaired) electrons. The Balaban J connectivity index is 2.52. The number of furan rings is 1. The molecule has 2 rings (SSSR count). The number of rotatable bonds is 4. The molecule has 5 nitrogen and oxygen atoms in total. The van der Waals surface area contributed by atoms with Crippen LogP contribution in [0.3, 0.4) is 0 Å². The molecule has 2 aromatic heterocycles. The van der Waals surface area contributed by atoms with Gasteiger partial charge in [0, 0.05) is 0 Å². The molecule has 88 valence electrons. The predicted molar refractivity (Wildman–Crippen MR) is 65.6 cm³/mol. The fraction of sp³-hybridized carbons (Fsp3) is 0.182. The van der Waals surface area contributed by atoms with Gasteiger partial charge in [0.25, 0.3) is 0 Å². The first-order valence-corrected chi connectivity index (χ1v) is 5.70. The number of allylic oxidation sites excluding steroid dienone is 1. The number of carbonyl (C=O) groups is 1. The van der Waals surface area contributed by atoms with Crippen LogP contribution < -0.4 is 0 Å². The van der Waals surface area contributed by atoms with Crippen molar-refractivity contribution >= 4 is 22.2 Å². The van der Waals surface area contributed by atoms with Gasteiger partial charge in [0.1, 0.15) is 5.69 Å². The molecule has 0 atom stereocenters. The van der Waals surface area contributed by atoms with E-state index in [4.69, 9.17) is 4.42 Å². The quantitative estimate of drug-likeness (QED) is 0.643. The van der Waals surface area contributed by atoms with E-state index in [1.54, 1.807) is 16.8 Å². The molecule has 6 heteroatoms. The van der Waals surface area contributed by atoms with Gasteiger partial charge in [-0.1, -0.05) is 17.4 Å². The maximum atomic E-state index is 10.9. The van der Waals surface area contributed by atoms with Crippen molar-refractivity contribution in [3.8, 4) is 11.5 Å². The average Bonchev–Trinajstić information content (AvgIpc) is 2.83. The third-order valence-electron chi connectivity index (χ3n) is 2.10. The van der Waals surface area contributed by atoms with Crippen molar-refractivity contribution in [2.75, 3.05) is 0 Å². The standard InChI is InChI=1S/C11H10BrN3O2/c1-7(2)5-15-11(8(6-16)13-14-15)9-3-4-10(12)17-9/h3-4,6H,1,5H2,2H3. The molecule has 0 spiro atoms. The topological polar surface area (TPSA) is 60.9 Å². The summed E-state index contributed by atoms with van der Waals surface area (Å²) >= 11 is 3.22. The lowest BCUT2D eigenvalue weighted by atomic mass is 10.2. The second-order valence-electron chi connectivity index (χ2n) is 3.66. The zero-order valence-corrected chi connectivity index (χ0v) is 10.8. The van der Waals surface area contributed by atoms with Crippen LogP contribution in [0.5, 0.6) is 0 Å². The van der Waals surface area contributed by atoms with Crippen molar-refractivity contribution in [1.82, 2.24) is 15.0 Å². The van der Waals surface area contributed by atoms with Gasteiger partial charge in [-0.3, -0.25) is 4.79 Å². The molecule has 0 unspecified atom stereocenters. The Hall–Kier alpha value is -1.69. The van der Waals surface area contributed by atoms with E-state index >= 15 is 0 Å². The summed E-state index contributed by atoms with van der Waals surface area (Å²) < 4.78 is 7.60. The van der Waals surface area contributed by atoms with Crippen LogP contribution in [-0.4, -0.2) is 21.3 Å². The first-order valence-electron chi connectivity index (χ1n) is 4.90. The van der Waals surface area contributed by atoms with Gasteiger partial charge in [0.15, 0.2) is 22.4 Å². The SMILES string of the molecule is C=C(C)Cn1nnc(C=O)c1-c1ccc(Br)o1. The molecule has 0 saturated heterocycles. The monoisotopic (exact) mass is 295 g/mol. The van der Waals surface area contributed by atoms with Crippen molar-refractivity contribution in [2.24, 2.45) is 0 Å². The Labute approximate surface area is 106 Å². The van der Waals surface area contributed by atoms with E-state index in [9.17, 15) is 4.79 Å². The van der Waals surface area contributed by atoms with Gasteiger partial charge in [0.05, 0.1) is 6.54 Å². The summed E-state index contributed by atoms with van der Waals surface area (Å²) in [5.41, 5.74) is 1.74. The number of carbonyl (C=O) groups excluding carboxylic acids is 1. The Morgan fingerprint density at radius 2 is 2.41 bits per heavy atom. The van der Waals surface area contributed by atoms with Gasteiger partial charge in [-0.25, -0.2) is 4.68 Å². The second-order valence-corrected chi connectivity index (χ2v) is 4.44. The van der Waals surface area contributed by atoms with Crippen LogP contribution >= 0.6 is 15.9 Å². The summed E-state index contributed by atoms with van der Waals surface area (Å²) in [4.78, 5) is 10.9. The van der Waals surface area contributed by atoms with Gasteiger partial charge in [-0.15, -0.1) is 5.10 Å². The Kier molecular flexibility index (Phi) is 3.23. The molecule has 17 heavy (non-hydrogen) atoms. The molecule has 0 bridgehead atoms. The Bertz CT molecular complexity index is 571. The summed E-state index contributed by atoms with van der Waals surface area (Å²) in [6.07, 6.45) is 0.660. The van der Waals surface area contributed by atoms with Crippen LogP contribution in [0.25, 0.3) is 11.5 Å². The number of hydrogen-bond acceptors (Lipinski definition) is 4. The molecule has 2 heterocycles. The van der Waals surface area contributed by atoms with Crippen molar-refractivity contribution in [1.29, 1.82) is 0 Å². The van der Waals surface area contributed by atoms with Crippen molar-refractivity contribution in [3.63, 3.8) is 0 Å². The normalized spacial score (nSPS) is 10.5. The second kappa shape index (κ2) is 4.67. The van der Waals surface area contributed by atoms with Gasteiger partial charge < -0.3 is 4.42 Å². The van der Waals surface area contributed by atoms with Crippen molar-refractivity contribution in [2.45, 2.75) is 13.5 Å². The molecular formula is C11H10BrN3O2. The van der Waals surface area contributed by atoms with Gasteiger partial charge >= 0.3 is 0 Å². The molecule has 2 aromatic rings. The van der Waals surface area contributed by atoms with E-state index in [0.29, 0.717) is 29.0 Å². The molecule has 0 aromatic carbocycles. The van der Waals surface area contributed by atoms with Gasteiger partial charge in [-0.2, -0.15) is 0 Å². The van der Waals surface area contributed by atoms with Gasteiger partial charge in [-0.05, 0) is 35.0 Å². The fourth-order valence-electron chi connectivity index (χ4n) is 1.47. The molecule has 0 N–H and O–H groups in total. The number of aldehydes is 1. The Morgan fingerprint density at radius 1 is 1.65 bits per heavy atom. The maximum Gasteiger partial charge on any atom is 0.172 e.